The van der Waals surface area contributed by atoms with E-state index >= 15 is 0 Å². The van der Waals surface area contributed by atoms with Crippen LogP contribution in [0.3, 0.4) is 0 Å². The van der Waals surface area contributed by atoms with Crippen molar-refractivity contribution in [2.45, 2.75) is 57.0 Å². The molecule has 2 aromatic carbocycles. The number of hydrogen-bond acceptors (Lipinski definition) is 3. The highest BCUT2D eigenvalue weighted by Gasteiger charge is 2.28. The zero-order valence-electron chi connectivity index (χ0n) is 18.0. The maximum absolute atomic E-state index is 13.2. The Morgan fingerprint density at radius 3 is 2.41 bits per heavy atom. The summed E-state index contributed by atoms with van der Waals surface area (Å²) in [5.41, 5.74) is 1.99. The second kappa shape index (κ2) is 12.3. The van der Waals surface area contributed by atoms with Crippen molar-refractivity contribution in [2.75, 3.05) is 5.75 Å². The second-order valence-electron chi connectivity index (χ2n) is 8.06. The summed E-state index contributed by atoms with van der Waals surface area (Å²) in [7, 11) is 0. The van der Waals surface area contributed by atoms with Gasteiger partial charge in [-0.25, -0.2) is 0 Å². The first-order valence-corrected chi connectivity index (χ1v) is 13.4. The molecule has 1 N–H and O–H groups in total. The van der Waals surface area contributed by atoms with Crippen molar-refractivity contribution in [1.82, 2.24) is 10.2 Å². The summed E-state index contributed by atoms with van der Waals surface area (Å²) in [6.45, 7) is 2.09. The highest BCUT2D eigenvalue weighted by molar-refractivity contribution is 9.10. The van der Waals surface area contributed by atoms with Crippen molar-refractivity contribution >= 4 is 62.7 Å². The fourth-order valence-electron chi connectivity index (χ4n) is 3.73. The van der Waals surface area contributed by atoms with Gasteiger partial charge in [0.2, 0.25) is 11.8 Å². The summed E-state index contributed by atoms with van der Waals surface area (Å²) in [5, 5.41) is 4.01. The molecular weight excluding hydrogens is 531 g/mol. The van der Waals surface area contributed by atoms with E-state index in [1.54, 1.807) is 35.7 Å². The number of thioether (sulfide) groups is 1. The van der Waals surface area contributed by atoms with E-state index in [4.69, 9.17) is 23.2 Å². The van der Waals surface area contributed by atoms with Gasteiger partial charge in [-0.1, -0.05) is 70.2 Å². The van der Waals surface area contributed by atoms with Crippen molar-refractivity contribution in [2.24, 2.45) is 0 Å². The van der Waals surface area contributed by atoms with E-state index in [0.29, 0.717) is 22.3 Å². The van der Waals surface area contributed by atoms with E-state index in [1.165, 1.54) is 0 Å². The Balaban J connectivity index is 1.67. The summed E-state index contributed by atoms with van der Waals surface area (Å²) < 4.78 is 1.03. The van der Waals surface area contributed by atoms with Crippen LogP contribution in [0.25, 0.3) is 0 Å². The molecule has 0 heterocycles. The number of carbonyl (C=O) groups excluding carboxylic acids is 2. The van der Waals surface area contributed by atoms with Gasteiger partial charge in [0.25, 0.3) is 0 Å². The minimum Gasteiger partial charge on any atom is -0.352 e. The molecule has 2 aromatic rings. The van der Waals surface area contributed by atoms with Gasteiger partial charge in [-0.3, -0.25) is 9.59 Å². The number of hydrogen-bond donors (Lipinski definition) is 1. The summed E-state index contributed by atoms with van der Waals surface area (Å²) in [5.74, 6) is 0.830. The summed E-state index contributed by atoms with van der Waals surface area (Å²) in [6.07, 6.45) is 4.28. The van der Waals surface area contributed by atoms with E-state index < -0.39 is 6.04 Å². The van der Waals surface area contributed by atoms with Crippen molar-refractivity contribution < 1.29 is 9.59 Å². The molecule has 1 aliphatic rings. The van der Waals surface area contributed by atoms with Crippen LogP contribution in [0.15, 0.2) is 46.9 Å². The van der Waals surface area contributed by atoms with Crippen molar-refractivity contribution in [3.63, 3.8) is 0 Å². The highest BCUT2D eigenvalue weighted by atomic mass is 79.9. The van der Waals surface area contributed by atoms with Gasteiger partial charge in [-0.2, -0.15) is 0 Å². The van der Waals surface area contributed by atoms with Crippen LogP contribution < -0.4 is 5.32 Å². The Labute approximate surface area is 212 Å². The molecule has 0 radical (unpaired) electrons. The van der Waals surface area contributed by atoms with E-state index in [-0.39, 0.29) is 17.9 Å². The Kier molecular flexibility index (Phi) is 9.77. The molecule has 0 saturated heterocycles. The first kappa shape index (κ1) is 25.4. The van der Waals surface area contributed by atoms with Crippen LogP contribution in [-0.2, 0) is 21.9 Å². The van der Waals surface area contributed by atoms with Gasteiger partial charge in [0.1, 0.15) is 6.04 Å². The molecule has 1 fully saturated rings. The van der Waals surface area contributed by atoms with Crippen LogP contribution in [-0.4, -0.2) is 34.6 Å². The molecule has 2 amide bonds. The Hall–Kier alpha value is -1.21. The minimum absolute atomic E-state index is 0.0766. The molecule has 1 atom stereocenters. The fraction of sp³-hybridized carbons (Fsp3) is 0.417. The molecular formula is C24H27BrCl2N2O2S. The Morgan fingerprint density at radius 2 is 1.75 bits per heavy atom. The number of nitrogens with one attached hydrogen (secondary N) is 1. The van der Waals surface area contributed by atoms with Crippen LogP contribution >= 0.6 is 50.9 Å². The average molecular weight is 558 g/mol. The molecule has 8 heteroatoms. The average Bonchev–Trinajstić information content (AvgIpc) is 3.28. The highest BCUT2D eigenvalue weighted by Crippen LogP contribution is 2.25. The molecule has 0 bridgehead atoms. The van der Waals surface area contributed by atoms with Gasteiger partial charge in [0.15, 0.2) is 0 Å². The molecule has 0 aromatic heterocycles. The summed E-state index contributed by atoms with van der Waals surface area (Å²) in [6, 6.07) is 13.0. The predicted octanol–water partition coefficient (Wildman–Crippen LogP) is 6.47. The standard InChI is InChI=1S/C24H27BrCl2N2O2S/c1-16(24(31)28-20-4-2-3-5-20)29(13-18-8-11-21(26)22(27)12-18)23(30)15-32-14-17-6-9-19(25)10-7-17/h6-12,16,20H,2-5,13-15H2,1H3,(H,28,31)/t16-/m1/s1. The number of nitrogens with zero attached hydrogens (tertiary/aromatic N) is 1. The third kappa shape index (κ3) is 7.41. The SMILES string of the molecule is C[C@H](C(=O)NC1CCCC1)N(Cc1ccc(Cl)c(Cl)c1)C(=O)CSCc1ccc(Br)cc1. The molecule has 172 valence electrons. The Morgan fingerprint density at radius 1 is 1.09 bits per heavy atom. The van der Waals surface area contributed by atoms with E-state index in [1.807, 2.05) is 30.3 Å². The maximum Gasteiger partial charge on any atom is 0.242 e. The maximum atomic E-state index is 13.2. The van der Waals surface area contributed by atoms with Gasteiger partial charge in [-0.05, 0) is 55.2 Å². The lowest BCUT2D eigenvalue weighted by atomic mass is 10.1. The van der Waals surface area contributed by atoms with Gasteiger partial charge in [-0.15, -0.1) is 11.8 Å². The van der Waals surface area contributed by atoms with E-state index in [0.717, 1.165) is 47.0 Å². The second-order valence-corrected chi connectivity index (χ2v) is 10.8. The molecule has 0 spiro atoms. The van der Waals surface area contributed by atoms with Crippen LogP contribution in [0, 0.1) is 0 Å². The van der Waals surface area contributed by atoms with Gasteiger partial charge >= 0.3 is 0 Å². The molecule has 3 rings (SSSR count). The monoisotopic (exact) mass is 556 g/mol. The van der Waals surface area contributed by atoms with Crippen molar-refractivity contribution in [1.29, 1.82) is 0 Å². The minimum atomic E-state index is -0.578. The van der Waals surface area contributed by atoms with E-state index in [2.05, 4.69) is 21.2 Å². The molecule has 0 unspecified atom stereocenters. The fourth-order valence-corrected chi connectivity index (χ4v) is 5.18. The lowest BCUT2D eigenvalue weighted by Crippen LogP contribution is -2.50. The van der Waals surface area contributed by atoms with Crippen LogP contribution in [0.2, 0.25) is 10.0 Å². The van der Waals surface area contributed by atoms with Gasteiger partial charge < -0.3 is 10.2 Å². The number of carbonyl (C=O) groups is 2. The molecule has 1 aliphatic carbocycles. The van der Waals surface area contributed by atoms with Gasteiger partial charge in [0, 0.05) is 22.8 Å². The Bertz CT molecular complexity index is 936. The first-order chi connectivity index (χ1) is 15.3. The van der Waals surface area contributed by atoms with Crippen molar-refractivity contribution in [3.8, 4) is 0 Å². The first-order valence-electron chi connectivity index (χ1n) is 10.7. The largest absolute Gasteiger partial charge is 0.352 e. The smallest absolute Gasteiger partial charge is 0.242 e. The third-order valence-electron chi connectivity index (χ3n) is 5.61. The summed E-state index contributed by atoms with van der Waals surface area (Å²) >= 11 is 17.2. The molecule has 0 aliphatic heterocycles. The quantitative estimate of drug-likeness (QED) is 0.384. The third-order valence-corrected chi connectivity index (χ3v) is 7.87. The van der Waals surface area contributed by atoms with Crippen LogP contribution in [0.4, 0.5) is 0 Å². The predicted molar refractivity (Wildman–Crippen MR) is 137 cm³/mol. The zero-order chi connectivity index (χ0) is 23.1. The number of amides is 2. The van der Waals surface area contributed by atoms with Crippen molar-refractivity contribution in [3.05, 3.63) is 68.1 Å². The molecule has 1 saturated carbocycles. The lowest BCUT2D eigenvalue weighted by molar-refractivity contribution is -0.138. The lowest BCUT2D eigenvalue weighted by Gasteiger charge is -2.30. The molecule has 32 heavy (non-hydrogen) atoms. The van der Waals surface area contributed by atoms with E-state index in [9.17, 15) is 9.59 Å². The number of halogens is 3. The van der Waals surface area contributed by atoms with Crippen LogP contribution in [0.5, 0.6) is 0 Å². The number of rotatable bonds is 9. The topological polar surface area (TPSA) is 49.4 Å². The normalized spacial score (nSPS) is 14.9. The summed E-state index contributed by atoms with van der Waals surface area (Å²) in [4.78, 5) is 27.7. The van der Waals surface area contributed by atoms with Gasteiger partial charge in [0.05, 0.1) is 15.8 Å². The molecule has 4 nitrogen and oxygen atoms in total. The van der Waals surface area contributed by atoms with Crippen LogP contribution in [0.1, 0.15) is 43.7 Å². The number of benzene rings is 2. The zero-order valence-corrected chi connectivity index (χ0v) is 21.9.